The van der Waals surface area contributed by atoms with Gasteiger partial charge in [0.2, 0.25) is 5.91 Å². The van der Waals surface area contributed by atoms with Crippen molar-refractivity contribution in [2.45, 2.75) is 31.3 Å². The lowest BCUT2D eigenvalue weighted by Crippen LogP contribution is -2.48. The van der Waals surface area contributed by atoms with Gasteiger partial charge in [-0.05, 0) is 42.7 Å². The van der Waals surface area contributed by atoms with E-state index in [1.54, 1.807) is 12.5 Å². The Morgan fingerprint density at radius 3 is 2.55 bits per heavy atom. The van der Waals surface area contributed by atoms with Crippen LogP contribution in [0.3, 0.4) is 0 Å². The van der Waals surface area contributed by atoms with E-state index >= 15 is 0 Å². The van der Waals surface area contributed by atoms with Crippen molar-refractivity contribution >= 4 is 34.0 Å². The second-order valence-electron chi connectivity index (χ2n) is 7.39. The van der Waals surface area contributed by atoms with Gasteiger partial charge < -0.3 is 20.7 Å². The molecule has 7 nitrogen and oxygen atoms in total. The topological polar surface area (TPSA) is 92.3 Å². The number of anilines is 2. The van der Waals surface area contributed by atoms with E-state index in [0.29, 0.717) is 11.6 Å². The Hall–Kier alpha value is -3.39. The molecule has 1 aromatic heterocycles. The Kier molecular flexibility index (Phi) is 6.47. The molecule has 3 aromatic rings. The highest BCUT2D eigenvalue weighted by molar-refractivity contribution is 7.14. The van der Waals surface area contributed by atoms with Crippen LogP contribution >= 0.6 is 11.3 Å². The van der Waals surface area contributed by atoms with Gasteiger partial charge in [0.05, 0.1) is 7.11 Å². The Balaban J connectivity index is 1.41. The molecular formula is C23H24N4O3S. The van der Waals surface area contributed by atoms with Crippen molar-refractivity contribution in [1.82, 2.24) is 15.6 Å². The van der Waals surface area contributed by atoms with E-state index < -0.39 is 6.04 Å². The molecule has 1 aliphatic rings. The first kappa shape index (κ1) is 20.9. The second kappa shape index (κ2) is 9.61. The molecule has 31 heavy (non-hydrogen) atoms. The van der Waals surface area contributed by atoms with Crippen molar-refractivity contribution in [3.63, 3.8) is 0 Å². The lowest BCUT2D eigenvalue weighted by Gasteiger charge is -2.18. The summed E-state index contributed by atoms with van der Waals surface area (Å²) in [6.45, 7) is 0. The molecule has 1 saturated carbocycles. The Bertz CT molecular complexity index is 1030. The summed E-state index contributed by atoms with van der Waals surface area (Å²) >= 11 is 1.33. The summed E-state index contributed by atoms with van der Waals surface area (Å²) < 4.78 is 5.16. The zero-order valence-electron chi connectivity index (χ0n) is 17.1. The summed E-state index contributed by atoms with van der Waals surface area (Å²) in [7, 11) is 1.62. The van der Waals surface area contributed by atoms with Crippen LogP contribution in [0.1, 0.15) is 28.9 Å². The lowest BCUT2D eigenvalue weighted by atomic mass is 10.0. The zero-order valence-corrected chi connectivity index (χ0v) is 17.9. The highest BCUT2D eigenvalue weighted by atomic mass is 32.1. The molecule has 160 valence electrons. The number of nitrogens with zero attached hydrogens (tertiary/aromatic N) is 1. The number of amides is 2. The maximum atomic E-state index is 12.8. The molecule has 4 rings (SSSR count). The van der Waals surface area contributed by atoms with E-state index in [0.717, 1.165) is 29.8 Å². The van der Waals surface area contributed by atoms with Crippen LogP contribution in [0.15, 0.2) is 60.0 Å². The SMILES string of the molecule is COc1ccc(Nc2nc(C(=O)NC(Cc3ccccc3)C(=O)NC3CC3)cs2)cc1. The number of benzene rings is 2. The van der Waals surface area contributed by atoms with E-state index in [1.165, 1.54) is 11.3 Å². The minimum absolute atomic E-state index is 0.161. The molecular weight excluding hydrogens is 412 g/mol. The first-order chi connectivity index (χ1) is 15.1. The summed E-state index contributed by atoms with van der Waals surface area (Å²) in [4.78, 5) is 29.9. The fourth-order valence-electron chi connectivity index (χ4n) is 3.05. The number of nitrogens with one attached hydrogen (secondary N) is 3. The van der Waals surface area contributed by atoms with Crippen LogP contribution < -0.4 is 20.7 Å². The lowest BCUT2D eigenvalue weighted by molar-refractivity contribution is -0.123. The van der Waals surface area contributed by atoms with Gasteiger partial charge in [0, 0.05) is 23.5 Å². The number of hydrogen-bond acceptors (Lipinski definition) is 6. The Morgan fingerprint density at radius 2 is 1.87 bits per heavy atom. The molecule has 0 spiro atoms. The first-order valence-corrected chi connectivity index (χ1v) is 11.0. The molecule has 0 saturated heterocycles. The average Bonchev–Trinajstić information content (AvgIpc) is 3.48. The normalized spacial score (nSPS) is 13.8. The van der Waals surface area contributed by atoms with Gasteiger partial charge in [-0.2, -0.15) is 0 Å². The van der Waals surface area contributed by atoms with Gasteiger partial charge in [0.25, 0.3) is 5.91 Å². The molecule has 1 atom stereocenters. The third-order valence-corrected chi connectivity index (χ3v) is 5.66. The molecule has 0 radical (unpaired) electrons. The molecule has 2 amide bonds. The van der Waals surface area contributed by atoms with Gasteiger partial charge >= 0.3 is 0 Å². The quantitative estimate of drug-likeness (QED) is 0.477. The van der Waals surface area contributed by atoms with E-state index in [9.17, 15) is 9.59 Å². The maximum absolute atomic E-state index is 12.8. The number of rotatable bonds is 9. The van der Waals surface area contributed by atoms with Gasteiger partial charge in [-0.3, -0.25) is 9.59 Å². The molecule has 0 aliphatic heterocycles. The number of thiazole rings is 1. The van der Waals surface area contributed by atoms with Gasteiger partial charge in [-0.15, -0.1) is 11.3 Å². The van der Waals surface area contributed by atoms with Crippen LogP contribution in [0.5, 0.6) is 5.75 Å². The van der Waals surface area contributed by atoms with E-state index in [2.05, 4.69) is 20.9 Å². The summed E-state index contributed by atoms with van der Waals surface area (Å²) in [5, 5.41) is 11.3. The molecule has 1 fully saturated rings. The monoisotopic (exact) mass is 436 g/mol. The number of aromatic nitrogens is 1. The highest BCUT2D eigenvalue weighted by Crippen LogP contribution is 2.23. The summed E-state index contributed by atoms with van der Waals surface area (Å²) in [5.74, 6) is 0.233. The minimum Gasteiger partial charge on any atom is -0.497 e. The molecule has 0 bridgehead atoms. The van der Waals surface area contributed by atoms with Crippen molar-refractivity contribution in [3.8, 4) is 5.75 Å². The van der Waals surface area contributed by atoms with Gasteiger partial charge in [0.1, 0.15) is 17.5 Å². The fraction of sp³-hybridized carbons (Fsp3) is 0.261. The van der Waals surface area contributed by atoms with Crippen LogP contribution in [-0.2, 0) is 11.2 Å². The van der Waals surface area contributed by atoms with E-state index in [1.807, 2.05) is 54.6 Å². The molecule has 2 aromatic carbocycles. The average molecular weight is 437 g/mol. The largest absolute Gasteiger partial charge is 0.497 e. The second-order valence-corrected chi connectivity index (χ2v) is 8.25. The fourth-order valence-corrected chi connectivity index (χ4v) is 3.76. The molecule has 8 heteroatoms. The third kappa shape index (κ3) is 5.82. The van der Waals surface area contributed by atoms with Crippen molar-refractivity contribution < 1.29 is 14.3 Å². The van der Waals surface area contributed by atoms with Crippen LogP contribution in [0, 0.1) is 0 Å². The molecule has 1 unspecified atom stereocenters. The minimum atomic E-state index is -0.657. The number of hydrogen-bond donors (Lipinski definition) is 3. The predicted octanol–water partition coefficient (Wildman–Crippen LogP) is 3.52. The third-order valence-electron chi connectivity index (χ3n) is 4.91. The summed E-state index contributed by atoms with van der Waals surface area (Å²) in [6.07, 6.45) is 2.40. The standard InChI is InChI=1S/C23H24N4O3S/c1-30-18-11-9-17(10-12-18)25-23-27-20(14-31-23)22(29)26-19(21(28)24-16-7-8-16)13-15-5-3-2-4-6-15/h2-6,9-12,14,16,19H,7-8,13H2,1H3,(H,24,28)(H,25,27)(H,26,29). The van der Waals surface area contributed by atoms with E-state index in [-0.39, 0.29) is 23.6 Å². The molecule has 1 heterocycles. The number of carbonyl (C=O) groups excluding carboxylic acids is 2. The van der Waals surface area contributed by atoms with Crippen LogP contribution in [0.4, 0.5) is 10.8 Å². The Morgan fingerprint density at radius 1 is 1.13 bits per heavy atom. The van der Waals surface area contributed by atoms with E-state index in [4.69, 9.17) is 4.74 Å². The smallest absolute Gasteiger partial charge is 0.271 e. The number of ether oxygens (including phenoxy) is 1. The highest BCUT2D eigenvalue weighted by Gasteiger charge is 2.29. The zero-order chi connectivity index (χ0) is 21.6. The van der Waals surface area contributed by atoms with Crippen molar-refractivity contribution in [1.29, 1.82) is 0 Å². The van der Waals surface area contributed by atoms with Gasteiger partial charge in [0.15, 0.2) is 5.13 Å². The van der Waals surface area contributed by atoms with Crippen molar-refractivity contribution in [2.24, 2.45) is 0 Å². The van der Waals surface area contributed by atoms with Crippen LogP contribution in [0.25, 0.3) is 0 Å². The Labute approximate surface area is 184 Å². The summed E-state index contributed by atoms with van der Waals surface area (Å²) in [5.41, 5.74) is 2.10. The van der Waals surface area contributed by atoms with Crippen LogP contribution in [0.2, 0.25) is 0 Å². The van der Waals surface area contributed by atoms with Gasteiger partial charge in [-0.25, -0.2) is 4.98 Å². The first-order valence-electron chi connectivity index (χ1n) is 10.1. The predicted molar refractivity (Wildman–Crippen MR) is 121 cm³/mol. The van der Waals surface area contributed by atoms with Crippen molar-refractivity contribution in [3.05, 3.63) is 71.2 Å². The molecule has 1 aliphatic carbocycles. The van der Waals surface area contributed by atoms with Gasteiger partial charge in [-0.1, -0.05) is 30.3 Å². The molecule has 3 N–H and O–H groups in total. The van der Waals surface area contributed by atoms with Crippen molar-refractivity contribution in [2.75, 3.05) is 12.4 Å². The summed E-state index contributed by atoms with van der Waals surface area (Å²) in [6, 6.07) is 16.7. The maximum Gasteiger partial charge on any atom is 0.271 e. The number of carbonyl (C=O) groups is 2. The van der Waals surface area contributed by atoms with Crippen LogP contribution in [-0.4, -0.2) is 36.0 Å². The number of methoxy groups -OCH3 is 1.